The molecule has 0 atom stereocenters. The Bertz CT molecular complexity index is 325. The minimum absolute atomic E-state index is 0.0675. The average Bonchev–Trinajstić information content (AvgIpc) is 2.32. The zero-order valence-electron chi connectivity index (χ0n) is 8.66. The number of nitrogens with zero attached hydrogens (tertiary/aromatic N) is 2. The van der Waals surface area contributed by atoms with Gasteiger partial charge in [0.15, 0.2) is 0 Å². The molecule has 14 heavy (non-hydrogen) atoms. The molecule has 5 heteroatoms. The third kappa shape index (κ3) is 3.16. The molecule has 1 heterocycles. The summed E-state index contributed by atoms with van der Waals surface area (Å²) in [4.78, 5) is 10.5. The third-order valence-corrected chi connectivity index (χ3v) is 1.72. The van der Waals surface area contributed by atoms with Crippen molar-refractivity contribution in [3.8, 4) is 0 Å². The lowest BCUT2D eigenvalue weighted by atomic mass is 9.90. The first-order chi connectivity index (χ1) is 6.38. The predicted octanol–water partition coefficient (Wildman–Crippen LogP) is 1.02. The van der Waals surface area contributed by atoms with Crippen molar-refractivity contribution in [3.63, 3.8) is 0 Å². The Balaban J connectivity index is 2.77. The highest BCUT2D eigenvalue weighted by Gasteiger charge is 2.18. The lowest BCUT2D eigenvalue weighted by Crippen LogP contribution is -2.12. The Morgan fingerprint density at radius 3 is 2.43 bits per heavy atom. The molecule has 0 fully saturated rings. The summed E-state index contributed by atoms with van der Waals surface area (Å²) in [6.45, 7) is 6.23. The Kier molecular flexibility index (Phi) is 2.88. The molecule has 1 aromatic rings. The van der Waals surface area contributed by atoms with Crippen LogP contribution in [0.4, 0.5) is 0 Å². The number of aliphatic carboxylic acids is 1. The number of aromatic amines is 1. The number of carboxylic acid groups (broad SMARTS) is 1. The zero-order chi connectivity index (χ0) is 10.8. The molecule has 2 N–H and O–H groups in total. The van der Waals surface area contributed by atoms with Gasteiger partial charge in [0.05, 0.1) is 17.8 Å². The highest BCUT2D eigenvalue weighted by atomic mass is 16.4. The lowest BCUT2D eigenvalue weighted by Gasteiger charge is -2.16. The van der Waals surface area contributed by atoms with E-state index in [4.69, 9.17) is 5.11 Å². The van der Waals surface area contributed by atoms with Crippen molar-refractivity contribution in [3.05, 3.63) is 11.4 Å². The minimum Gasteiger partial charge on any atom is -0.481 e. The molecule has 5 nitrogen and oxygen atoms in total. The highest BCUT2D eigenvalue weighted by molar-refractivity contribution is 5.69. The molecule has 0 saturated heterocycles. The highest BCUT2D eigenvalue weighted by Crippen LogP contribution is 2.20. The van der Waals surface area contributed by atoms with Gasteiger partial charge in [0.2, 0.25) is 0 Å². The van der Waals surface area contributed by atoms with Gasteiger partial charge in [-0.25, -0.2) is 0 Å². The summed E-state index contributed by atoms with van der Waals surface area (Å²) in [7, 11) is 0. The number of H-pyrrole nitrogens is 1. The third-order valence-electron chi connectivity index (χ3n) is 1.72. The number of nitrogens with one attached hydrogen (secondary N) is 1. The summed E-state index contributed by atoms with van der Waals surface area (Å²) >= 11 is 0. The van der Waals surface area contributed by atoms with Crippen LogP contribution in [0.2, 0.25) is 0 Å². The quantitative estimate of drug-likeness (QED) is 0.758. The van der Waals surface area contributed by atoms with Gasteiger partial charge in [-0.05, 0) is 11.8 Å². The topological polar surface area (TPSA) is 78.9 Å². The number of rotatable bonds is 3. The molecule has 0 aliphatic heterocycles. The van der Waals surface area contributed by atoms with Crippen LogP contribution in [-0.2, 0) is 17.6 Å². The van der Waals surface area contributed by atoms with Gasteiger partial charge in [-0.15, -0.1) is 0 Å². The lowest BCUT2D eigenvalue weighted by molar-refractivity contribution is -0.136. The van der Waals surface area contributed by atoms with E-state index in [2.05, 4.69) is 36.2 Å². The van der Waals surface area contributed by atoms with Gasteiger partial charge < -0.3 is 5.11 Å². The van der Waals surface area contributed by atoms with Crippen LogP contribution in [0.1, 0.15) is 32.2 Å². The molecule has 0 aliphatic rings. The average molecular weight is 197 g/mol. The summed E-state index contributed by atoms with van der Waals surface area (Å²) < 4.78 is 0. The van der Waals surface area contributed by atoms with E-state index in [1.807, 2.05) is 0 Å². The molecule has 0 saturated carbocycles. The maximum atomic E-state index is 10.5. The Hall–Kier alpha value is -1.39. The van der Waals surface area contributed by atoms with Crippen molar-refractivity contribution < 1.29 is 9.90 Å². The molecule has 0 spiro atoms. The fraction of sp³-hybridized carbons (Fsp3) is 0.667. The van der Waals surface area contributed by atoms with Crippen LogP contribution in [0.3, 0.4) is 0 Å². The van der Waals surface area contributed by atoms with Crippen LogP contribution >= 0.6 is 0 Å². The minimum atomic E-state index is -0.881. The van der Waals surface area contributed by atoms with Crippen LogP contribution in [0.5, 0.6) is 0 Å². The second kappa shape index (κ2) is 3.77. The largest absolute Gasteiger partial charge is 0.481 e. The molecule has 0 bridgehead atoms. The van der Waals surface area contributed by atoms with Crippen molar-refractivity contribution in [2.45, 2.75) is 33.6 Å². The Morgan fingerprint density at radius 1 is 1.36 bits per heavy atom. The Morgan fingerprint density at radius 2 is 1.93 bits per heavy atom. The van der Waals surface area contributed by atoms with E-state index in [-0.39, 0.29) is 11.8 Å². The van der Waals surface area contributed by atoms with Gasteiger partial charge in [-0.2, -0.15) is 15.4 Å². The maximum Gasteiger partial charge on any atom is 0.309 e. The number of hydrogen-bond acceptors (Lipinski definition) is 3. The monoisotopic (exact) mass is 197 g/mol. The second-order valence-corrected chi connectivity index (χ2v) is 4.52. The number of carbonyl (C=O) groups is 1. The van der Waals surface area contributed by atoms with Crippen molar-refractivity contribution in [1.29, 1.82) is 0 Å². The molecule has 0 radical (unpaired) electrons. The maximum absolute atomic E-state index is 10.5. The molecular weight excluding hydrogens is 182 g/mol. The Labute approximate surface area is 82.5 Å². The molecule has 0 unspecified atom stereocenters. The van der Waals surface area contributed by atoms with Gasteiger partial charge >= 0.3 is 5.97 Å². The van der Waals surface area contributed by atoms with Gasteiger partial charge in [0, 0.05) is 0 Å². The normalized spacial score (nSPS) is 11.6. The summed E-state index contributed by atoms with van der Waals surface area (Å²) in [5, 5.41) is 18.9. The van der Waals surface area contributed by atoms with Gasteiger partial charge in [-0.3, -0.25) is 4.79 Å². The summed E-state index contributed by atoms with van der Waals surface area (Å²) in [5.74, 6) is -0.881. The van der Waals surface area contributed by atoms with Crippen LogP contribution in [0, 0.1) is 5.41 Å². The van der Waals surface area contributed by atoms with E-state index < -0.39 is 5.97 Å². The molecule has 1 rings (SSSR count). The van der Waals surface area contributed by atoms with Crippen molar-refractivity contribution >= 4 is 5.97 Å². The first-order valence-electron chi connectivity index (χ1n) is 4.49. The second-order valence-electron chi connectivity index (χ2n) is 4.52. The predicted molar refractivity (Wildman–Crippen MR) is 50.9 cm³/mol. The van der Waals surface area contributed by atoms with Crippen LogP contribution in [0.25, 0.3) is 0 Å². The number of carboxylic acids is 1. The number of hydrogen-bond donors (Lipinski definition) is 2. The van der Waals surface area contributed by atoms with E-state index in [0.717, 1.165) is 12.1 Å². The van der Waals surface area contributed by atoms with Crippen molar-refractivity contribution in [1.82, 2.24) is 15.4 Å². The van der Waals surface area contributed by atoms with Crippen LogP contribution < -0.4 is 0 Å². The van der Waals surface area contributed by atoms with Gasteiger partial charge in [0.25, 0.3) is 0 Å². The molecule has 0 aliphatic carbocycles. The van der Waals surface area contributed by atoms with E-state index in [0.29, 0.717) is 5.69 Å². The number of aromatic nitrogens is 3. The van der Waals surface area contributed by atoms with Crippen molar-refractivity contribution in [2.75, 3.05) is 0 Å². The first-order valence-corrected chi connectivity index (χ1v) is 4.49. The van der Waals surface area contributed by atoms with E-state index in [9.17, 15) is 4.79 Å². The fourth-order valence-electron chi connectivity index (χ4n) is 1.20. The zero-order valence-corrected chi connectivity index (χ0v) is 8.66. The van der Waals surface area contributed by atoms with E-state index in [1.165, 1.54) is 0 Å². The standard InChI is InChI=1S/C9H15N3O2/c1-9(2,3)5-7-6(4-8(13)14)10-12-11-7/h4-5H2,1-3H3,(H,13,14)(H,10,11,12). The van der Waals surface area contributed by atoms with Crippen molar-refractivity contribution in [2.24, 2.45) is 5.41 Å². The molecule has 78 valence electrons. The van der Waals surface area contributed by atoms with Crippen LogP contribution in [-0.4, -0.2) is 26.5 Å². The van der Waals surface area contributed by atoms with Gasteiger partial charge in [0.1, 0.15) is 0 Å². The molecular formula is C9H15N3O2. The van der Waals surface area contributed by atoms with E-state index in [1.54, 1.807) is 0 Å². The molecule has 0 amide bonds. The summed E-state index contributed by atoms with van der Waals surface area (Å²) in [5.41, 5.74) is 1.37. The SMILES string of the molecule is CC(C)(C)Cc1n[nH]nc1CC(=O)O. The van der Waals surface area contributed by atoms with Gasteiger partial charge in [-0.1, -0.05) is 20.8 Å². The van der Waals surface area contributed by atoms with Crippen LogP contribution in [0.15, 0.2) is 0 Å². The molecule has 1 aromatic heterocycles. The smallest absolute Gasteiger partial charge is 0.309 e. The first kappa shape index (κ1) is 10.7. The summed E-state index contributed by atoms with van der Waals surface area (Å²) in [6, 6.07) is 0. The fourth-order valence-corrected chi connectivity index (χ4v) is 1.20. The van der Waals surface area contributed by atoms with E-state index >= 15 is 0 Å². The summed E-state index contributed by atoms with van der Waals surface area (Å²) in [6.07, 6.45) is 0.661. The molecule has 0 aromatic carbocycles.